The highest BCUT2D eigenvalue weighted by atomic mass is 19.1. The molecule has 66 valence electrons. The molecule has 4 heteroatoms. The molecule has 0 saturated carbocycles. The van der Waals surface area contributed by atoms with Gasteiger partial charge in [0.05, 0.1) is 5.92 Å². The van der Waals surface area contributed by atoms with Gasteiger partial charge in [0.25, 0.3) is 0 Å². The second-order valence-corrected chi connectivity index (χ2v) is 2.14. The van der Waals surface area contributed by atoms with Gasteiger partial charge in [-0.25, -0.2) is 4.39 Å². The lowest BCUT2D eigenvalue weighted by atomic mass is 10.1. The van der Waals surface area contributed by atoms with Crippen molar-refractivity contribution in [3.8, 4) is 0 Å². The highest BCUT2D eigenvalue weighted by molar-refractivity contribution is 4.91. The van der Waals surface area contributed by atoms with Gasteiger partial charge in [0.2, 0.25) is 0 Å². The molecule has 0 aromatic heterocycles. The maximum atomic E-state index is 12.6. The molecule has 0 aromatic rings. The summed E-state index contributed by atoms with van der Waals surface area (Å²) in [5.41, 5.74) is 0. The Morgan fingerprint density at radius 1 is 1.45 bits per heavy atom. The third kappa shape index (κ3) is 2.86. The lowest BCUT2D eigenvalue weighted by Gasteiger charge is -2.18. The average molecular weight is 164 g/mol. The number of hydrogen-bond donors (Lipinski definition) is 1. The lowest BCUT2D eigenvalue weighted by Crippen LogP contribution is -2.22. The average Bonchev–Trinajstić information content (AvgIpc) is 2.05. The topological polar surface area (TPSA) is 38.7 Å². The summed E-state index contributed by atoms with van der Waals surface area (Å²) in [7, 11) is 2.82. The number of aliphatic hydroxyl groups excluding tert-OH is 1. The minimum absolute atomic E-state index is 0.412. The van der Waals surface area contributed by atoms with E-state index in [0.29, 0.717) is 6.26 Å². The summed E-state index contributed by atoms with van der Waals surface area (Å²) in [6, 6.07) is 0. The Morgan fingerprint density at radius 2 is 1.91 bits per heavy atom. The van der Waals surface area contributed by atoms with E-state index in [-0.39, 0.29) is 0 Å². The number of aliphatic hydroxyl groups is 1. The molecule has 0 heterocycles. The van der Waals surface area contributed by atoms with E-state index in [1.165, 1.54) is 14.2 Å². The summed E-state index contributed by atoms with van der Waals surface area (Å²) in [5, 5.41) is 8.30. The molecule has 0 bridgehead atoms. The fraction of sp³-hybridized carbons (Fsp3) is 0.714. The summed E-state index contributed by atoms with van der Waals surface area (Å²) >= 11 is 0. The van der Waals surface area contributed by atoms with Gasteiger partial charge in [-0.05, 0) is 0 Å². The minimum Gasteiger partial charge on any atom is -0.513 e. The molecule has 0 saturated heterocycles. The van der Waals surface area contributed by atoms with Crippen molar-refractivity contribution in [2.75, 3.05) is 14.2 Å². The van der Waals surface area contributed by atoms with Gasteiger partial charge in [0.15, 0.2) is 6.29 Å². The van der Waals surface area contributed by atoms with Crippen LogP contribution in [0.5, 0.6) is 0 Å². The monoisotopic (exact) mass is 164 g/mol. The van der Waals surface area contributed by atoms with Crippen molar-refractivity contribution in [3.05, 3.63) is 12.1 Å². The van der Waals surface area contributed by atoms with Crippen molar-refractivity contribution in [3.63, 3.8) is 0 Å². The zero-order chi connectivity index (χ0) is 8.85. The fourth-order valence-corrected chi connectivity index (χ4v) is 0.752. The summed E-state index contributed by atoms with van der Waals surface area (Å²) in [5.74, 6) is -1.24. The molecule has 0 aliphatic heterocycles. The Labute approximate surface area is 65.4 Å². The van der Waals surface area contributed by atoms with Gasteiger partial charge in [0.1, 0.15) is 12.1 Å². The molecule has 0 aromatic carbocycles. The highest BCUT2D eigenvalue weighted by Crippen LogP contribution is 2.17. The predicted molar refractivity (Wildman–Crippen MR) is 38.8 cm³/mol. The van der Waals surface area contributed by atoms with E-state index in [9.17, 15) is 4.39 Å². The van der Waals surface area contributed by atoms with Crippen LogP contribution in [0.25, 0.3) is 0 Å². The van der Waals surface area contributed by atoms with Crippen molar-refractivity contribution in [1.29, 1.82) is 0 Å². The maximum Gasteiger partial charge on any atom is 0.165 e. The van der Waals surface area contributed by atoms with Crippen LogP contribution in [0.4, 0.5) is 4.39 Å². The Balaban J connectivity index is 4.08. The number of methoxy groups -OCH3 is 2. The first-order valence-electron chi connectivity index (χ1n) is 3.22. The number of halogens is 1. The summed E-state index contributed by atoms with van der Waals surface area (Å²) in [6.45, 7) is 1.56. The molecule has 1 atom stereocenters. The van der Waals surface area contributed by atoms with E-state index in [2.05, 4.69) is 0 Å². The van der Waals surface area contributed by atoms with E-state index in [1.54, 1.807) is 6.92 Å². The second-order valence-electron chi connectivity index (χ2n) is 2.14. The largest absolute Gasteiger partial charge is 0.513 e. The van der Waals surface area contributed by atoms with Crippen LogP contribution in [0, 0.1) is 5.92 Å². The molecular weight excluding hydrogens is 151 g/mol. The number of hydrogen-bond acceptors (Lipinski definition) is 3. The Bertz CT molecular complexity index is 132. The number of ether oxygens (including phenoxy) is 2. The van der Waals surface area contributed by atoms with E-state index in [0.717, 1.165) is 0 Å². The molecule has 0 aliphatic rings. The lowest BCUT2D eigenvalue weighted by molar-refractivity contribution is -0.128. The normalized spacial score (nSPS) is 15.5. The first kappa shape index (κ1) is 10.4. The third-order valence-electron chi connectivity index (χ3n) is 1.43. The Hall–Kier alpha value is -0.610. The highest BCUT2D eigenvalue weighted by Gasteiger charge is 2.20. The quantitative estimate of drug-likeness (QED) is 0.506. The van der Waals surface area contributed by atoms with Crippen molar-refractivity contribution >= 4 is 0 Å². The molecule has 0 fully saturated rings. The molecule has 0 rings (SSSR count). The second kappa shape index (κ2) is 5.09. The van der Waals surface area contributed by atoms with Gasteiger partial charge in [0, 0.05) is 14.2 Å². The van der Waals surface area contributed by atoms with E-state index in [1.807, 2.05) is 0 Å². The van der Waals surface area contributed by atoms with Gasteiger partial charge in [-0.1, -0.05) is 6.92 Å². The molecule has 0 aliphatic carbocycles. The van der Waals surface area contributed by atoms with Crippen molar-refractivity contribution in [2.24, 2.45) is 5.92 Å². The molecule has 1 unspecified atom stereocenters. The molecule has 1 N–H and O–H groups in total. The molecular formula is C7H13FO3. The molecule has 0 spiro atoms. The van der Waals surface area contributed by atoms with Gasteiger partial charge < -0.3 is 14.6 Å². The van der Waals surface area contributed by atoms with Crippen molar-refractivity contribution < 1.29 is 19.0 Å². The van der Waals surface area contributed by atoms with Gasteiger partial charge >= 0.3 is 0 Å². The summed E-state index contributed by atoms with van der Waals surface area (Å²) < 4.78 is 22.1. The van der Waals surface area contributed by atoms with Crippen molar-refractivity contribution in [2.45, 2.75) is 13.2 Å². The van der Waals surface area contributed by atoms with Crippen LogP contribution in [0.1, 0.15) is 6.92 Å². The molecule has 3 nitrogen and oxygen atoms in total. The van der Waals surface area contributed by atoms with Crippen LogP contribution < -0.4 is 0 Å². The van der Waals surface area contributed by atoms with Gasteiger partial charge in [-0.15, -0.1) is 0 Å². The first-order chi connectivity index (χ1) is 5.17. The molecule has 11 heavy (non-hydrogen) atoms. The number of rotatable bonds is 4. The predicted octanol–water partition coefficient (Wildman–Crippen LogP) is 1.61. The van der Waals surface area contributed by atoms with Crippen LogP contribution in [0.3, 0.4) is 0 Å². The zero-order valence-corrected chi connectivity index (χ0v) is 6.87. The van der Waals surface area contributed by atoms with E-state index >= 15 is 0 Å². The standard InChI is InChI=1S/C7H13FO3/c1-5(6(8)4-9)7(10-2)11-3/h4-5,7,9H,1-3H3/b6-4+. The van der Waals surface area contributed by atoms with Gasteiger partial charge in [-0.2, -0.15) is 0 Å². The van der Waals surface area contributed by atoms with Crippen LogP contribution in [0.15, 0.2) is 12.1 Å². The van der Waals surface area contributed by atoms with Crippen molar-refractivity contribution in [1.82, 2.24) is 0 Å². The maximum absolute atomic E-state index is 12.6. The SMILES string of the molecule is COC(OC)C(C)/C(F)=C\O. The fourth-order valence-electron chi connectivity index (χ4n) is 0.752. The van der Waals surface area contributed by atoms with E-state index < -0.39 is 18.0 Å². The van der Waals surface area contributed by atoms with Gasteiger partial charge in [-0.3, -0.25) is 0 Å². The Morgan fingerprint density at radius 3 is 2.18 bits per heavy atom. The summed E-state index contributed by atoms with van der Waals surface area (Å²) in [4.78, 5) is 0. The van der Waals surface area contributed by atoms with Crippen LogP contribution in [-0.2, 0) is 9.47 Å². The van der Waals surface area contributed by atoms with E-state index in [4.69, 9.17) is 14.6 Å². The third-order valence-corrected chi connectivity index (χ3v) is 1.43. The molecule has 0 amide bonds. The van der Waals surface area contributed by atoms with Crippen LogP contribution in [-0.4, -0.2) is 25.6 Å². The first-order valence-corrected chi connectivity index (χ1v) is 3.22. The minimum atomic E-state index is -0.654. The Kier molecular flexibility index (Phi) is 4.81. The summed E-state index contributed by atoms with van der Waals surface area (Å²) in [6.07, 6.45) is -0.242. The van der Waals surface area contributed by atoms with Crippen LogP contribution in [0.2, 0.25) is 0 Å². The zero-order valence-electron chi connectivity index (χ0n) is 6.87. The van der Waals surface area contributed by atoms with Crippen LogP contribution >= 0.6 is 0 Å². The smallest absolute Gasteiger partial charge is 0.165 e. The molecule has 0 radical (unpaired) electrons.